The molecule has 0 aliphatic heterocycles. The fraction of sp³-hybridized carbons (Fsp3) is 0.261. The van der Waals surface area contributed by atoms with Crippen molar-refractivity contribution in [2.45, 2.75) is 38.5 Å². The monoisotopic (exact) mass is 442 g/mol. The number of hydrogen-bond donors (Lipinski definition) is 2. The molecule has 2 aromatic carbocycles. The Morgan fingerprint density at radius 3 is 2.53 bits per heavy atom. The first-order valence-corrected chi connectivity index (χ1v) is 10.5. The summed E-state index contributed by atoms with van der Waals surface area (Å²) < 4.78 is 0. The molecule has 0 bridgehead atoms. The van der Waals surface area contributed by atoms with Crippen molar-refractivity contribution in [1.29, 1.82) is 0 Å². The minimum absolute atomic E-state index is 0.0942. The molecule has 3 aromatic rings. The summed E-state index contributed by atoms with van der Waals surface area (Å²) in [6.07, 6.45) is 4.39. The van der Waals surface area contributed by atoms with E-state index in [4.69, 9.17) is 23.2 Å². The van der Waals surface area contributed by atoms with E-state index in [9.17, 15) is 14.7 Å². The molecule has 0 amide bonds. The second-order valence-corrected chi connectivity index (χ2v) is 8.51. The number of hydrogen-bond acceptors (Lipinski definition) is 4. The van der Waals surface area contributed by atoms with Gasteiger partial charge in [0.05, 0.1) is 22.5 Å². The average molecular weight is 443 g/mol. The number of nitrogens with one attached hydrogen (secondary N) is 1. The molecule has 4 rings (SSSR count). The van der Waals surface area contributed by atoms with Gasteiger partial charge in [-0.05, 0) is 67.1 Å². The highest BCUT2D eigenvalue weighted by Crippen LogP contribution is 2.41. The average Bonchev–Trinajstić information content (AvgIpc) is 2.70. The Balaban J connectivity index is 1.91. The van der Waals surface area contributed by atoms with Crippen LogP contribution in [0.1, 0.15) is 53.1 Å². The van der Waals surface area contributed by atoms with Crippen LogP contribution in [-0.2, 0) is 4.79 Å². The Labute approximate surface area is 184 Å². The van der Waals surface area contributed by atoms with Crippen molar-refractivity contribution in [1.82, 2.24) is 4.98 Å². The Bertz CT molecular complexity index is 1170. The van der Waals surface area contributed by atoms with E-state index in [0.717, 1.165) is 40.6 Å². The summed E-state index contributed by atoms with van der Waals surface area (Å²) in [6, 6.07) is 8.61. The molecule has 0 spiro atoms. The van der Waals surface area contributed by atoms with E-state index < -0.39 is 5.97 Å². The quantitative estimate of drug-likeness (QED) is 0.480. The number of carbonyl (C=O) groups excluding carboxylic acids is 1. The van der Waals surface area contributed by atoms with E-state index in [2.05, 4.69) is 10.3 Å². The number of aryl methyl sites for hydroxylation is 1. The van der Waals surface area contributed by atoms with Crippen LogP contribution in [0.3, 0.4) is 0 Å². The number of nitrogens with zero attached hydrogens (tertiary/aromatic N) is 1. The number of rotatable bonds is 4. The van der Waals surface area contributed by atoms with E-state index in [1.165, 1.54) is 6.07 Å². The molecule has 1 aliphatic carbocycles. The first-order chi connectivity index (χ1) is 14.3. The van der Waals surface area contributed by atoms with Crippen molar-refractivity contribution < 1.29 is 14.7 Å². The third-order valence-corrected chi connectivity index (χ3v) is 6.08. The van der Waals surface area contributed by atoms with Crippen LogP contribution in [-0.4, -0.2) is 21.8 Å². The summed E-state index contributed by atoms with van der Waals surface area (Å²) in [7, 11) is 0. The Kier molecular flexibility index (Phi) is 5.67. The zero-order valence-electron chi connectivity index (χ0n) is 16.3. The Hall–Kier alpha value is -2.63. The molecule has 0 saturated heterocycles. The number of anilines is 2. The van der Waals surface area contributed by atoms with Crippen LogP contribution in [0.2, 0.25) is 10.0 Å². The summed E-state index contributed by atoms with van der Waals surface area (Å²) >= 11 is 12.4. The maximum absolute atomic E-state index is 11.9. The predicted octanol–water partition coefficient (Wildman–Crippen LogP) is 6.52. The number of halogens is 2. The SMILES string of the molecule is Cc1cc(Cl)cc(C(=O)O)c1Nc1c(C2CCC(=O)CC2)cnc2ccc(Cl)cc12. The summed E-state index contributed by atoms with van der Waals surface area (Å²) in [6.45, 7) is 1.82. The van der Waals surface area contributed by atoms with Crippen molar-refractivity contribution in [3.05, 3.63) is 63.3 Å². The minimum Gasteiger partial charge on any atom is -0.478 e. The van der Waals surface area contributed by atoms with Gasteiger partial charge in [-0.15, -0.1) is 0 Å². The lowest BCUT2D eigenvalue weighted by Crippen LogP contribution is -2.15. The Morgan fingerprint density at radius 2 is 1.83 bits per heavy atom. The van der Waals surface area contributed by atoms with Gasteiger partial charge in [-0.2, -0.15) is 0 Å². The van der Waals surface area contributed by atoms with E-state index in [1.807, 2.05) is 25.3 Å². The number of ketones is 1. The predicted molar refractivity (Wildman–Crippen MR) is 119 cm³/mol. The molecule has 30 heavy (non-hydrogen) atoms. The summed E-state index contributed by atoms with van der Waals surface area (Å²) in [5.41, 5.74) is 3.78. The first-order valence-electron chi connectivity index (χ1n) is 9.74. The van der Waals surface area contributed by atoms with Crippen LogP contribution in [0, 0.1) is 6.92 Å². The fourth-order valence-corrected chi connectivity index (χ4v) is 4.53. The van der Waals surface area contributed by atoms with Gasteiger partial charge in [0.2, 0.25) is 0 Å². The standard InChI is InChI=1S/C23H20Cl2N2O3/c1-12-8-15(25)10-18(23(29)30)21(12)27-22-17-9-14(24)4-7-20(17)26-11-19(22)13-2-5-16(28)6-3-13/h4,7-11,13H,2-3,5-6H2,1H3,(H,26,27)(H,29,30). The molecule has 1 aliphatic rings. The molecule has 1 aromatic heterocycles. The molecule has 0 unspecified atom stereocenters. The molecule has 1 heterocycles. The number of aromatic carboxylic acids is 1. The third-order valence-electron chi connectivity index (χ3n) is 5.62. The van der Waals surface area contributed by atoms with Gasteiger partial charge in [-0.25, -0.2) is 4.79 Å². The van der Waals surface area contributed by atoms with Gasteiger partial charge in [0.15, 0.2) is 0 Å². The maximum Gasteiger partial charge on any atom is 0.337 e. The number of benzene rings is 2. The van der Waals surface area contributed by atoms with Gasteiger partial charge in [-0.1, -0.05) is 23.2 Å². The highest BCUT2D eigenvalue weighted by atomic mass is 35.5. The molecule has 7 heteroatoms. The number of fused-ring (bicyclic) bond motifs is 1. The van der Waals surface area contributed by atoms with Crippen molar-refractivity contribution in [2.75, 3.05) is 5.32 Å². The molecule has 1 saturated carbocycles. The number of carboxylic acids is 1. The number of aromatic nitrogens is 1. The van der Waals surface area contributed by atoms with Crippen LogP contribution in [0.15, 0.2) is 36.5 Å². The van der Waals surface area contributed by atoms with Crippen molar-refractivity contribution in [3.63, 3.8) is 0 Å². The molecule has 154 valence electrons. The molecular formula is C23H20Cl2N2O3. The lowest BCUT2D eigenvalue weighted by molar-refractivity contribution is -0.120. The van der Waals surface area contributed by atoms with E-state index >= 15 is 0 Å². The van der Waals surface area contributed by atoms with Crippen LogP contribution >= 0.6 is 23.2 Å². The molecule has 2 N–H and O–H groups in total. The number of Topliss-reactive ketones (excluding diaryl/α,β-unsaturated/α-hetero) is 1. The van der Waals surface area contributed by atoms with E-state index in [1.54, 1.807) is 12.1 Å². The largest absolute Gasteiger partial charge is 0.478 e. The van der Waals surface area contributed by atoms with Gasteiger partial charge in [0, 0.05) is 34.5 Å². The van der Waals surface area contributed by atoms with Crippen LogP contribution in [0.25, 0.3) is 10.9 Å². The molecule has 0 atom stereocenters. The van der Waals surface area contributed by atoms with E-state index in [0.29, 0.717) is 28.6 Å². The zero-order chi connectivity index (χ0) is 21.4. The number of carbonyl (C=O) groups is 2. The summed E-state index contributed by atoms with van der Waals surface area (Å²) in [4.78, 5) is 28.2. The van der Waals surface area contributed by atoms with Crippen LogP contribution < -0.4 is 5.32 Å². The zero-order valence-corrected chi connectivity index (χ0v) is 17.8. The smallest absolute Gasteiger partial charge is 0.337 e. The van der Waals surface area contributed by atoms with Crippen molar-refractivity contribution in [2.24, 2.45) is 0 Å². The van der Waals surface area contributed by atoms with Gasteiger partial charge in [-0.3, -0.25) is 9.78 Å². The molecular weight excluding hydrogens is 423 g/mol. The lowest BCUT2D eigenvalue weighted by Gasteiger charge is -2.25. The fourth-order valence-electron chi connectivity index (χ4n) is 4.08. The minimum atomic E-state index is -1.07. The molecule has 0 radical (unpaired) electrons. The molecule has 5 nitrogen and oxygen atoms in total. The van der Waals surface area contributed by atoms with E-state index in [-0.39, 0.29) is 17.3 Å². The lowest BCUT2D eigenvalue weighted by atomic mass is 9.83. The van der Waals surface area contributed by atoms with Crippen LogP contribution in [0.4, 0.5) is 11.4 Å². The summed E-state index contributed by atoms with van der Waals surface area (Å²) in [5.74, 6) is -0.634. The summed E-state index contributed by atoms with van der Waals surface area (Å²) in [5, 5.41) is 14.8. The van der Waals surface area contributed by atoms with Crippen molar-refractivity contribution >= 4 is 57.2 Å². The molecule has 1 fully saturated rings. The first kappa shape index (κ1) is 20.6. The highest BCUT2D eigenvalue weighted by molar-refractivity contribution is 6.32. The second-order valence-electron chi connectivity index (χ2n) is 7.64. The van der Waals surface area contributed by atoms with Gasteiger partial charge in [0.1, 0.15) is 5.78 Å². The second kappa shape index (κ2) is 8.25. The number of carboxylic acid groups (broad SMARTS) is 1. The Morgan fingerprint density at radius 1 is 1.10 bits per heavy atom. The van der Waals surface area contributed by atoms with Gasteiger partial charge < -0.3 is 10.4 Å². The number of pyridine rings is 1. The van der Waals surface area contributed by atoms with Gasteiger partial charge in [0.25, 0.3) is 0 Å². The topological polar surface area (TPSA) is 79.3 Å². The third kappa shape index (κ3) is 4.00. The van der Waals surface area contributed by atoms with Gasteiger partial charge >= 0.3 is 5.97 Å². The normalized spacial score (nSPS) is 14.8. The van der Waals surface area contributed by atoms with Crippen molar-refractivity contribution in [3.8, 4) is 0 Å². The van der Waals surface area contributed by atoms with Crippen LogP contribution in [0.5, 0.6) is 0 Å². The highest BCUT2D eigenvalue weighted by Gasteiger charge is 2.25. The maximum atomic E-state index is 11.9.